The fourth-order valence-electron chi connectivity index (χ4n) is 2.06. The van der Waals surface area contributed by atoms with Gasteiger partial charge in [0.25, 0.3) is 0 Å². The minimum Gasteiger partial charge on any atom is -0.103 e. The lowest BCUT2D eigenvalue weighted by Gasteiger charge is -2.47. The van der Waals surface area contributed by atoms with Crippen LogP contribution in [0.15, 0.2) is 12.7 Å². The van der Waals surface area contributed by atoms with Crippen LogP contribution in [-0.4, -0.2) is 0 Å². The molecule has 1 fully saturated rings. The van der Waals surface area contributed by atoms with Gasteiger partial charge in [-0.3, -0.25) is 0 Å². The van der Waals surface area contributed by atoms with Gasteiger partial charge in [0.2, 0.25) is 0 Å². The van der Waals surface area contributed by atoms with Gasteiger partial charge < -0.3 is 0 Å². The molecule has 0 aromatic heterocycles. The Balaban J connectivity index is 2.33. The van der Waals surface area contributed by atoms with Crippen LogP contribution in [0.2, 0.25) is 0 Å². The summed E-state index contributed by atoms with van der Waals surface area (Å²) in [5.74, 6) is 1.66. The van der Waals surface area contributed by atoms with Crippen LogP contribution in [0.3, 0.4) is 0 Å². The molecule has 64 valence electrons. The van der Waals surface area contributed by atoms with E-state index < -0.39 is 0 Å². The molecular weight excluding hydrogens is 132 g/mol. The maximum atomic E-state index is 3.84. The summed E-state index contributed by atoms with van der Waals surface area (Å²) in [5.41, 5.74) is 0.669. The first-order valence-electron chi connectivity index (χ1n) is 4.74. The van der Waals surface area contributed by atoms with E-state index in [9.17, 15) is 0 Å². The second-order valence-electron chi connectivity index (χ2n) is 4.43. The first-order valence-corrected chi connectivity index (χ1v) is 4.74. The van der Waals surface area contributed by atoms with Crippen molar-refractivity contribution in [2.75, 3.05) is 0 Å². The van der Waals surface area contributed by atoms with E-state index in [0.717, 1.165) is 11.8 Å². The Morgan fingerprint density at radius 3 is 2.55 bits per heavy atom. The molecule has 0 amide bonds. The number of hydrogen-bond acceptors (Lipinski definition) is 0. The van der Waals surface area contributed by atoms with E-state index in [4.69, 9.17) is 0 Å². The third kappa shape index (κ3) is 1.66. The SMILES string of the molecule is C=CC(C)C1CC(C)(CC)C1. The summed E-state index contributed by atoms with van der Waals surface area (Å²) in [6.45, 7) is 10.8. The third-order valence-corrected chi connectivity index (χ3v) is 3.48. The zero-order valence-electron chi connectivity index (χ0n) is 8.06. The van der Waals surface area contributed by atoms with Crippen molar-refractivity contribution < 1.29 is 0 Å². The zero-order chi connectivity index (χ0) is 8.48. The predicted molar refractivity (Wildman–Crippen MR) is 50.5 cm³/mol. The summed E-state index contributed by atoms with van der Waals surface area (Å²) in [4.78, 5) is 0. The first kappa shape index (κ1) is 8.83. The molecule has 0 aromatic rings. The summed E-state index contributed by atoms with van der Waals surface area (Å²) >= 11 is 0. The van der Waals surface area contributed by atoms with E-state index in [-0.39, 0.29) is 0 Å². The molecule has 1 aliphatic carbocycles. The predicted octanol–water partition coefficient (Wildman–Crippen LogP) is 3.63. The highest BCUT2D eigenvalue weighted by Gasteiger charge is 2.39. The Morgan fingerprint density at radius 1 is 1.64 bits per heavy atom. The average molecular weight is 152 g/mol. The van der Waals surface area contributed by atoms with E-state index in [1.165, 1.54) is 19.3 Å². The molecule has 1 aliphatic rings. The Kier molecular flexibility index (Phi) is 2.41. The highest BCUT2D eigenvalue weighted by Crippen LogP contribution is 2.50. The van der Waals surface area contributed by atoms with E-state index >= 15 is 0 Å². The van der Waals surface area contributed by atoms with Gasteiger partial charge in [-0.25, -0.2) is 0 Å². The Morgan fingerprint density at radius 2 is 2.18 bits per heavy atom. The summed E-state index contributed by atoms with van der Waals surface area (Å²) in [6, 6.07) is 0. The summed E-state index contributed by atoms with van der Waals surface area (Å²) in [7, 11) is 0. The quantitative estimate of drug-likeness (QED) is 0.542. The monoisotopic (exact) mass is 152 g/mol. The molecule has 0 aliphatic heterocycles. The number of allylic oxidation sites excluding steroid dienone is 1. The molecule has 0 radical (unpaired) electrons. The maximum Gasteiger partial charge on any atom is -0.0236 e. The van der Waals surface area contributed by atoms with Crippen molar-refractivity contribution >= 4 is 0 Å². The van der Waals surface area contributed by atoms with E-state index in [2.05, 4.69) is 33.4 Å². The highest BCUT2D eigenvalue weighted by molar-refractivity contribution is 4.95. The zero-order valence-corrected chi connectivity index (χ0v) is 8.06. The van der Waals surface area contributed by atoms with Gasteiger partial charge in [-0.1, -0.05) is 33.3 Å². The standard InChI is InChI=1S/C11H20/c1-5-9(3)10-7-11(4,6-2)8-10/h5,9-10H,1,6-8H2,2-4H3. The third-order valence-electron chi connectivity index (χ3n) is 3.48. The van der Waals surface area contributed by atoms with Gasteiger partial charge in [0.05, 0.1) is 0 Å². The van der Waals surface area contributed by atoms with Crippen LogP contribution in [0.4, 0.5) is 0 Å². The number of hydrogen-bond donors (Lipinski definition) is 0. The van der Waals surface area contributed by atoms with Crippen molar-refractivity contribution in [2.24, 2.45) is 17.3 Å². The minimum atomic E-state index is 0.669. The molecule has 0 nitrogen and oxygen atoms in total. The second-order valence-corrected chi connectivity index (χ2v) is 4.43. The van der Waals surface area contributed by atoms with Crippen molar-refractivity contribution in [1.29, 1.82) is 0 Å². The molecule has 0 bridgehead atoms. The van der Waals surface area contributed by atoms with Gasteiger partial charge in [0.15, 0.2) is 0 Å². The summed E-state index contributed by atoms with van der Waals surface area (Å²) < 4.78 is 0. The smallest absolute Gasteiger partial charge is 0.0236 e. The molecule has 1 unspecified atom stereocenters. The Labute approximate surface area is 70.7 Å². The maximum absolute atomic E-state index is 3.84. The Bertz CT molecular complexity index is 140. The van der Waals surface area contributed by atoms with Crippen LogP contribution in [-0.2, 0) is 0 Å². The minimum absolute atomic E-state index is 0.669. The lowest BCUT2D eigenvalue weighted by molar-refractivity contribution is 0.0476. The van der Waals surface area contributed by atoms with Crippen LogP contribution in [0.5, 0.6) is 0 Å². The van der Waals surface area contributed by atoms with Crippen LogP contribution in [0.1, 0.15) is 40.0 Å². The van der Waals surface area contributed by atoms with Crippen molar-refractivity contribution in [3.8, 4) is 0 Å². The lowest BCUT2D eigenvalue weighted by atomic mass is 9.58. The van der Waals surface area contributed by atoms with Gasteiger partial charge in [-0.15, -0.1) is 6.58 Å². The molecule has 1 rings (SSSR count). The van der Waals surface area contributed by atoms with Crippen molar-refractivity contribution in [2.45, 2.75) is 40.0 Å². The van der Waals surface area contributed by atoms with E-state index in [1.54, 1.807) is 0 Å². The molecule has 0 heteroatoms. The topological polar surface area (TPSA) is 0 Å². The first-order chi connectivity index (χ1) is 5.11. The summed E-state index contributed by atoms with van der Waals surface area (Å²) in [5, 5.41) is 0. The molecule has 0 spiro atoms. The molecule has 1 saturated carbocycles. The normalized spacial score (nSPS) is 39.4. The van der Waals surface area contributed by atoms with Gasteiger partial charge in [-0.2, -0.15) is 0 Å². The van der Waals surface area contributed by atoms with Crippen LogP contribution in [0, 0.1) is 17.3 Å². The van der Waals surface area contributed by atoms with Crippen LogP contribution < -0.4 is 0 Å². The van der Waals surface area contributed by atoms with Gasteiger partial charge in [0.1, 0.15) is 0 Å². The second kappa shape index (κ2) is 3.00. The van der Waals surface area contributed by atoms with Gasteiger partial charge >= 0.3 is 0 Å². The Hall–Kier alpha value is -0.260. The van der Waals surface area contributed by atoms with Crippen LogP contribution >= 0.6 is 0 Å². The van der Waals surface area contributed by atoms with Crippen LogP contribution in [0.25, 0.3) is 0 Å². The average Bonchev–Trinajstić information content (AvgIpc) is 1.97. The molecule has 1 atom stereocenters. The van der Waals surface area contributed by atoms with Gasteiger partial charge in [0, 0.05) is 0 Å². The largest absolute Gasteiger partial charge is 0.103 e. The molecule has 0 aromatic carbocycles. The highest BCUT2D eigenvalue weighted by atomic mass is 14.4. The lowest BCUT2D eigenvalue weighted by Crippen LogP contribution is -2.36. The molecular formula is C11H20. The molecule has 11 heavy (non-hydrogen) atoms. The van der Waals surface area contributed by atoms with Crippen molar-refractivity contribution in [3.05, 3.63) is 12.7 Å². The fraction of sp³-hybridized carbons (Fsp3) is 0.818. The molecule has 0 heterocycles. The molecule has 0 saturated heterocycles. The van der Waals surface area contributed by atoms with E-state index in [0.29, 0.717) is 5.41 Å². The van der Waals surface area contributed by atoms with Crippen molar-refractivity contribution in [3.63, 3.8) is 0 Å². The van der Waals surface area contributed by atoms with Crippen molar-refractivity contribution in [1.82, 2.24) is 0 Å². The van der Waals surface area contributed by atoms with Gasteiger partial charge in [-0.05, 0) is 30.1 Å². The number of rotatable bonds is 3. The fourth-order valence-corrected chi connectivity index (χ4v) is 2.06. The molecule has 0 N–H and O–H groups in total. The van der Waals surface area contributed by atoms with E-state index in [1.807, 2.05) is 0 Å². The summed E-state index contributed by atoms with van der Waals surface area (Å²) in [6.07, 6.45) is 6.26.